The number of rotatable bonds is 5. The monoisotopic (exact) mass is 260 g/mol. The summed E-state index contributed by atoms with van der Waals surface area (Å²) in [5, 5.41) is 19.4. The van der Waals surface area contributed by atoms with Crippen LogP contribution in [0.15, 0.2) is 18.2 Å². The first-order valence-corrected chi connectivity index (χ1v) is 4.84. The second-order valence-corrected chi connectivity index (χ2v) is 3.56. The van der Waals surface area contributed by atoms with Crippen LogP contribution in [0.3, 0.4) is 0 Å². The molecule has 0 spiro atoms. The van der Waals surface area contributed by atoms with Crippen molar-refractivity contribution < 1.29 is 19.6 Å². The first-order chi connectivity index (χ1) is 7.91. The van der Waals surface area contributed by atoms with Crippen LogP contribution in [0.4, 0.5) is 5.69 Å². The zero-order chi connectivity index (χ0) is 13.0. The summed E-state index contributed by atoms with van der Waals surface area (Å²) >= 11 is 5.65. The summed E-state index contributed by atoms with van der Waals surface area (Å²) in [7, 11) is 0. The Kier molecular flexibility index (Phi) is 4.24. The Morgan fingerprint density at radius 1 is 1.65 bits per heavy atom. The second-order valence-electron chi connectivity index (χ2n) is 3.12. The molecule has 1 aromatic carbocycles. The van der Waals surface area contributed by atoms with E-state index in [1.54, 1.807) is 0 Å². The van der Waals surface area contributed by atoms with Gasteiger partial charge in [0.25, 0.3) is 0 Å². The van der Waals surface area contributed by atoms with E-state index in [0.717, 1.165) is 0 Å². The van der Waals surface area contributed by atoms with Crippen LogP contribution in [0.2, 0.25) is 5.02 Å². The maximum atomic E-state index is 10.6. The highest BCUT2D eigenvalue weighted by molar-refractivity contribution is 6.30. The highest BCUT2D eigenvalue weighted by atomic mass is 35.5. The molecule has 3 N–H and O–H groups in total. The third-order valence-corrected chi connectivity index (χ3v) is 2.09. The van der Waals surface area contributed by atoms with E-state index in [2.05, 4.69) is 0 Å². The molecule has 7 nitrogen and oxygen atoms in total. The zero-order valence-electron chi connectivity index (χ0n) is 8.50. The summed E-state index contributed by atoms with van der Waals surface area (Å²) in [4.78, 5) is 20.4. The van der Waals surface area contributed by atoms with Gasteiger partial charge in [-0.25, -0.2) is 0 Å². The van der Waals surface area contributed by atoms with Crippen molar-refractivity contribution >= 4 is 23.3 Å². The summed E-state index contributed by atoms with van der Waals surface area (Å²) in [6, 6.07) is 2.48. The third-order valence-electron chi connectivity index (χ3n) is 1.85. The van der Waals surface area contributed by atoms with E-state index in [9.17, 15) is 14.9 Å². The van der Waals surface area contributed by atoms with E-state index in [0.29, 0.717) is 0 Å². The minimum absolute atomic E-state index is 0.112. The maximum absolute atomic E-state index is 10.6. The SMILES string of the molecule is NC(COc1cc(Cl)ccc1[N+](=O)[O-])C(=O)O. The molecule has 1 rings (SSSR count). The number of nitro groups is 1. The molecule has 0 radical (unpaired) electrons. The Labute approximate surface area is 101 Å². The van der Waals surface area contributed by atoms with Crippen LogP contribution in [0, 0.1) is 10.1 Å². The quantitative estimate of drug-likeness (QED) is 0.603. The number of benzene rings is 1. The number of carboxylic acids is 1. The van der Waals surface area contributed by atoms with Gasteiger partial charge in [0.2, 0.25) is 0 Å². The Morgan fingerprint density at radius 2 is 2.29 bits per heavy atom. The summed E-state index contributed by atoms with van der Waals surface area (Å²) in [6.07, 6.45) is 0. The molecule has 8 heteroatoms. The van der Waals surface area contributed by atoms with Crippen molar-refractivity contribution in [3.05, 3.63) is 33.3 Å². The first-order valence-electron chi connectivity index (χ1n) is 4.47. The largest absolute Gasteiger partial charge is 0.484 e. The van der Waals surface area contributed by atoms with Crippen LogP contribution in [0.5, 0.6) is 5.75 Å². The van der Waals surface area contributed by atoms with Gasteiger partial charge in [-0.15, -0.1) is 0 Å². The average Bonchev–Trinajstić information content (AvgIpc) is 2.25. The van der Waals surface area contributed by atoms with E-state index >= 15 is 0 Å². The third kappa shape index (κ3) is 3.58. The molecule has 1 atom stereocenters. The average molecular weight is 261 g/mol. The van der Waals surface area contributed by atoms with E-state index in [-0.39, 0.29) is 23.1 Å². The normalized spacial score (nSPS) is 11.9. The predicted molar refractivity (Wildman–Crippen MR) is 59.2 cm³/mol. The smallest absolute Gasteiger partial charge is 0.324 e. The molecule has 1 aromatic rings. The number of hydrogen-bond acceptors (Lipinski definition) is 5. The van der Waals surface area contributed by atoms with Crippen LogP contribution in [0.25, 0.3) is 0 Å². The molecule has 0 amide bonds. The van der Waals surface area contributed by atoms with Gasteiger partial charge < -0.3 is 15.6 Å². The summed E-state index contributed by atoms with van der Waals surface area (Å²) in [6.45, 7) is -0.378. The molecule has 0 aliphatic heterocycles. The predicted octanol–water partition coefficient (Wildman–Crippen LogP) is 1.04. The fraction of sp³-hybridized carbons (Fsp3) is 0.222. The van der Waals surface area contributed by atoms with Gasteiger partial charge in [0.15, 0.2) is 5.75 Å². The van der Waals surface area contributed by atoms with E-state index in [1.165, 1.54) is 18.2 Å². The molecule has 0 saturated heterocycles. The standard InChI is InChI=1S/C9H9ClN2O5/c10-5-1-2-7(12(15)16)8(3-5)17-4-6(11)9(13)14/h1-3,6H,4,11H2,(H,13,14). The lowest BCUT2D eigenvalue weighted by Crippen LogP contribution is -2.36. The minimum Gasteiger partial charge on any atom is -0.484 e. The molecular formula is C9H9ClN2O5. The van der Waals surface area contributed by atoms with E-state index in [1.807, 2.05) is 0 Å². The van der Waals surface area contributed by atoms with Crippen LogP contribution in [0.1, 0.15) is 0 Å². The molecule has 92 valence electrons. The van der Waals surface area contributed by atoms with Crippen molar-refractivity contribution in [2.45, 2.75) is 6.04 Å². The number of hydrogen-bond donors (Lipinski definition) is 2. The van der Waals surface area contributed by atoms with Gasteiger partial charge in [0.05, 0.1) is 4.92 Å². The van der Waals surface area contributed by atoms with Gasteiger partial charge in [0.1, 0.15) is 12.6 Å². The molecule has 0 aromatic heterocycles. The molecule has 0 heterocycles. The summed E-state index contributed by atoms with van der Waals surface area (Å²) in [5.74, 6) is -1.37. The lowest BCUT2D eigenvalue weighted by atomic mass is 10.3. The fourth-order valence-corrected chi connectivity index (χ4v) is 1.17. The number of nitrogens with two attached hydrogens (primary N) is 1. The zero-order valence-corrected chi connectivity index (χ0v) is 9.26. The van der Waals surface area contributed by atoms with Crippen molar-refractivity contribution in [1.82, 2.24) is 0 Å². The topological polar surface area (TPSA) is 116 Å². The second kappa shape index (κ2) is 5.46. The number of ether oxygens (including phenoxy) is 1. The summed E-state index contributed by atoms with van der Waals surface area (Å²) < 4.78 is 4.97. The van der Waals surface area contributed by atoms with E-state index in [4.69, 9.17) is 27.2 Å². The number of aliphatic carboxylic acids is 1. The number of halogens is 1. The van der Waals surface area contributed by atoms with Crippen LogP contribution >= 0.6 is 11.6 Å². The van der Waals surface area contributed by atoms with Gasteiger partial charge >= 0.3 is 11.7 Å². The van der Waals surface area contributed by atoms with Crippen LogP contribution in [-0.2, 0) is 4.79 Å². The highest BCUT2D eigenvalue weighted by Crippen LogP contribution is 2.29. The molecular weight excluding hydrogens is 252 g/mol. The van der Waals surface area contributed by atoms with E-state index < -0.39 is 16.9 Å². The number of carboxylic acid groups (broad SMARTS) is 1. The highest BCUT2D eigenvalue weighted by Gasteiger charge is 2.18. The summed E-state index contributed by atoms with van der Waals surface area (Å²) in [5.41, 5.74) is 4.90. The van der Waals surface area contributed by atoms with Crippen LogP contribution < -0.4 is 10.5 Å². The molecule has 0 aliphatic carbocycles. The Bertz CT molecular complexity index is 451. The lowest BCUT2D eigenvalue weighted by Gasteiger charge is -2.09. The lowest BCUT2D eigenvalue weighted by molar-refractivity contribution is -0.385. The van der Waals surface area contributed by atoms with Gasteiger partial charge in [-0.05, 0) is 6.07 Å². The van der Waals surface area contributed by atoms with Crippen molar-refractivity contribution in [3.8, 4) is 5.75 Å². The molecule has 17 heavy (non-hydrogen) atoms. The number of nitrogens with zero attached hydrogens (tertiary/aromatic N) is 1. The van der Waals surface area contributed by atoms with Gasteiger partial charge in [-0.2, -0.15) is 0 Å². The molecule has 0 bridgehead atoms. The van der Waals surface area contributed by atoms with Crippen molar-refractivity contribution in [2.75, 3.05) is 6.61 Å². The van der Waals surface area contributed by atoms with Gasteiger partial charge in [-0.1, -0.05) is 11.6 Å². The fourth-order valence-electron chi connectivity index (χ4n) is 1.01. The molecule has 0 saturated carbocycles. The molecule has 0 fully saturated rings. The Morgan fingerprint density at radius 3 is 2.82 bits per heavy atom. The maximum Gasteiger partial charge on any atom is 0.324 e. The Balaban J connectivity index is 2.85. The minimum atomic E-state index is -1.26. The van der Waals surface area contributed by atoms with Crippen LogP contribution in [-0.4, -0.2) is 28.6 Å². The van der Waals surface area contributed by atoms with Gasteiger partial charge in [0, 0.05) is 17.2 Å². The van der Waals surface area contributed by atoms with Crippen molar-refractivity contribution in [3.63, 3.8) is 0 Å². The van der Waals surface area contributed by atoms with Crippen molar-refractivity contribution in [1.29, 1.82) is 0 Å². The first kappa shape index (κ1) is 13.2. The number of nitro benzene ring substituents is 1. The molecule has 1 unspecified atom stereocenters. The number of carbonyl (C=O) groups is 1. The Hall–Kier alpha value is -1.86. The molecule has 0 aliphatic rings. The van der Waals surface area contributed by atoms with Crippen molar-refractivity contribution in [2.24, 2.45) is 5.73 Å². The van der Waals surface area contributed by atoms with Gasteiger partial charge in [-0.3, -0.25) is 14.9 Å².